The second kappa shape index (κ2) is 8.23. The lowest BCUT2D eigenvalue weighted by molar-refractivity contribution is 0.0303. The number of fused-ring (bicyclic) bond motifs is 1. The van der Waals surface area contributed by atoms with Crippen molar-refractivity contribution < 1.29 is 18.8 Å². The van der Waals surface area contributed by atoms with E-state index in [2.05, 4.69) is 15.5 Å². The van der Waals surface area contributed by atoms with Crippen LogP contribution in [-0.2, 0) is 4.74 Å². The van der Waals surface area contributed by atoms with Gasteiger partial charge in [-0.15, -0.1) is 0 Å². The second-order valence-electron chi connectivity index (χ2n) is 7.64. The van der Waals surface area contributed by atoms with Crippen molar-refractivity contribution in [1.29, 1.82) is 0 Å². The zero-order chi connectivity index (χ0) is 21.3. The maximum absolute atomic E-state index is 13.1. The van der Waals surface area contributed by atoms with Gasteiger partial charge < -0.3 is 19.5 Å². The van der Waals surface area contributed by atoms with E-state index in [0.717, 1.165) is 5.69 Å². The zero-order valence-electron chi connectivity index (χ0n) is 17.3. The molecular weight excluding hydrogens is 384 g/mol. The fourth-order valence-electron chi connectivity index (χ4n) is 3.47. The summed E-state index contributed by atoms with van der Waals surface area (Å²) in [5.74, 6) is -0.245. The molecule has 3 heterocycles. The quantitative estimate of drug-likeness (QED) is 0.711. The van der Waals surface area contributed by atoms with Gasteiger partial charge in [-0.3, -0.25) is 9.59 Å². The minimum absolute atomic E-state index is 0.0716. The number of aryl methyl sites for hydroxylation is 1. The van der Waals surface area contributed by atoms with Gasteiger partial charge in [0.1, 0.15) is 0 Å². The number of rotatable bonds is 4. The van der Waals surface area contributed by atoms with E-state index in [-0.39, 0.29) is 17.7 Å². The first-order valence-corrected chi connectivity index (χ1v) is 9.99. The molecule has 1 aliphatic rings. The summed E-state index contributed by atoms with van der Waals surface area (Å²) in [5, 5.41) is 7.45. The Morgan fingerprint density at radius 1 is 1.17 bits per heavy atom. The van der Waals surface area contributed by atoms with E-state index in [9.17, 15) is 9.59 Å². The van der Waals surface area contributed by atoms with Crippen molar-refractivity contribution in [2.24, 2.45) is 0 Å². The van der Waals surface area contributed by atoms with Crippen molar-refractivity contribution in [3.05, 3.63) is 52.8 Å². The lowest BCUT2D eigenvalue weighted by Gasteiger charge is -2.27. The van der Waals surface area contributed by atoms with Crippen LogP contribution in [0.15, 0.2) is 34.9 Å². The summed E-state index contributed by atoms with van der Waals surface area (Å²) in [6.07, 6.45) is 0. The first kappa shape index (κ1) is 20.0. The number of ether oxygens (including phenoxy) is 1. The Bertz CT molecular complexity index is 1100. The molecular formula is C22H24N4O4. The summed E-state index contributed by atoms with van der Waals surface area (Å²) < 4.78 is 10.6. The monoisotopic (exact) mass is 408 g/mol. The van der Waals surface area contributed by atoms with Crippen LogP contribution in [0.1, 0.15) is 51.9 Å². The number of morpholine rings is 1. The van der Waals surface area contributed by atoms with Crippen molar-refractivity contribution in [3.63, 3.8) is 0 Å². The minimum Gasteiger partial charge on any atom is -0.378 e. The Morgan fingerprint density at radius 3 is 2.67 bits per heavy atom. The predicted molar refractivity (Wildman–Crippen MR) is 112 cm³/mol. The van der Waals surface area contributed by atoms with E-state index in [0.29, 0.717) is 59.9 Å². The van der Waals surface area contributed by atoms with Gasteiger partial charge in [0.25, 0.3) is 17.5 Å². The molecule has 0 atom stereocenters. The van der Waals surface area contributed by atoms with E-state index in [1.807, 2.05) is 13.8 Å². The predicted octanol–water partition coefficient (Wildman–Crippen LogP) is 3.38. The Labute approximate surface area is 174 Å². The minimum atomic E-state index is -0.299. The highest BCUT2D eigenvalue weighted by molar-refractivity contribution is 6.12. The van der Waals surface area contributed by atoms with Gasteiger partial charge >= 0.3 is 0 Å². The van der Waals surface area contributed by atoms with Crippen LogP contribution in [0.2, 0.25) is 0 Å². The zero-order valence-corrected chi connectivity index (χ0v) is 17.3. The second-order valence-corrected chi connectivity index (χ2v) is 7.64. The number of hydrogen-bond donors (Lipinski definition) is 1. The molecule has 2 amide bonds. The largest absolute Gasteiger partial charge is 0.378 e. The van der Waals surface area contributed by atoms with Crippen LogP contribution in [0.25, 0.3) is 11.1 Å². The third kappa shape index (κ3) is 3.91. The molecule has 1 N–H and O–H groups in total. The number of aromatic nitrogens is 2. The van der Waals surface area contributed by atoms with Crippen LogP contribution in [0, 0.1) is 6.92 Å². The molecule has 156 valence electrons. The maximum atomic E-state index is 13.1. The molecule has 0 aliphatic carbocycles. The fraction of sp³-hybridized carbons (Fsp3) is 0.364. The van der Waals surface area contributed by atoms with Crippen LogP contribution in [-0.4, -0.2) is 53.2 Å². The summed E-state index contributed by atoms with van der Waals surface area (Å²) in [6.45, 7) is 7.98. The van der Waals surface area contributed by atoms with Gasteiger partial charge in [-0.05, 0) is 37.1 Å². The van der Waals surface area contributed by atoms with E-state index < -0.39 is 0 Å². The van der Waals surface area contributed by atoms with Crippen molar-refractivity contribution in [1.82, 2.24) is 15.0 Å². The van der Waals surface area contributed by atoms with E-state index in [1.165, 1.54) is 0 Å². The highest BCUT2D eigenvalue weighted by atomic mass is 16.5. The van der Waals surface area contributed by atoms with Gasteiger partial charge in [0, 0.05) is 30.0 Å². The van der Waals surface area contributed by atoms with E-state index in [4.69, 9.17) is 9.26 Å². The van der Waals surface area contributed by atoms with Crippen LogP contribution in [0.5, 0.6) is 0 Å². The van der Waals surface area contributed by atoms with Crippen molar-refractivity contribution in [2.45, 2.75) is 26.7 Å². The van der Waals surface area contributed by atoms with E-state index in [1.54, 1.807) is 42.2 Å². The Morgan fingerprint density at radius 2 is 1.93 bits per heavy atom. The molecule has 0 bridgehead atoms. The third-order valence-electron chi connectivity index (χ3n) is 5.14. The third-order valence-corrected chi connectivity index (χ3v) is 5.14. The molecule has 0 radical (unpaired) electrons. The van der Waals surface area contributed by atoms with E-state index >= 15 is 0 Å². The highest BCUT2D eigenvalue weighted by Gasteiger charge is 2.21. The van der Waals surface area contributed by atoms with Crippen molar-refractivity contribution in [2.75, 3.05) is 31.6 Å². The molecule has 0 unspecified atom stereocenters. The van der Waals surface area contributed by atoms with Gasteiger partial charge in [-0.2, -0.15) is 0 Å². The number of amides is 2. The van der Waals surface area contributed by atoms with Crippen LogP contribution >= 0.6 is 0 Å². The van der Waals surface area contributed by atoms with Gasteiger partial charge in [-0.25, -0.2) is 4.98 Å². The highest BCUT2D eigenvalue weighted by Crippen LogP contribution is 2.26. The first-order chi connectivity index (χ1) is 14.4. The average molecular weight is 408 g/mol. The summed E-state index contributed by atoms with van der Waals surface area (Å²) in [6, 6.07) is 8.73. The molecule has 4 rings (SSSR count). The normalized spacial score (nSPS) is 14.3. The molecule has 1 fully saturated rings. The van der Waals surface area contributed by atoms with Crippen LogP contribution in [0.3, 0.4) is 0 Å². The van der Waals surface area contributed by atoms with Gasteiger partial charge in [0.2, 0.25) is 0 Å². The van der Waals surface area contributed by atoms with Gasteiger partial charge in [0.05, 0.1) is 29.9 Å². The number of nitrogens with zero attached hydrogens (tertiary/aromatic N) is 3. The number of benzene rings is 1. The average Bonchev–Trinajstić information content (AvgIpc) is 3.14. The maximum Gasteiger partial charge on any atom is 0.259 e. The number of nitrogens with one attached hydrogen (secondary N) is 1. The van der Waals surface area contributed by atoms with Gasteiger partial charge in [-0.1, -0.05) is 25.1 Å². The number of carbonyl (C=O) groups excluding carboxylic acids is 2. The molecule has 0 spiro atoms. The smallest absolute Gasteiger partial charge is 0.259 e. The molecule has 1 aromatic carbocycles. The summed E-state index contributed by atoms with van der Waals surface area (Å²) in [4.78, 5) is 32.1. The van der Waals surface area contributed by atoms with Gasteiger partial charge in [0.15, 0.2) is 0 Å². The molecule has 30 heavy (non-hydrogen) atoms. The molecule has 8 heteroatoms. The Balaban J connectivity index is 1.61. The Hall–Kier alpha value is -3.26. The number of anilines is 1. The molecule has 1 aliphatic heterocycles. The van der Waals surface area contributed by atoms with Crippen LogP contribution < -0.4 is 5.32 Å². The van der Waals surface area contributed by atoms with Crippen LogP contribution in [0.4, 0.5) is 5.69 Å². The first-order valence-electron chi connectivity index (χ1n) is 9.99. The summed E-state index contributed by atoms with van der Waals surface area (Å²) in [7, 11) is 0. The lowest BCUT2D eigenvalue weighted by Crippen LogP contribution is -2.40. The number of pyridine rings is 1. The Kier molecular flexibility index (Phi) is 5.50. The summed E-state index contributed by atoms with van der Waals surface area (Å²) in [5.41, 5.74) is 3.23. The molecule has 0 saturated carbocycles. The SMILES string of the molecule is Cc1noc2nc(C(C)C)cc(C(=O)Nc3cccc(C(=O)N4CCOCC4)c3)c12. The van der Waals surface area contributed by atoms with Crippen molar-refractivity contribution in [3.8, 4) is 0 Å². The molecule has 8 nitrogen and oxygen atoms in total. The molecule has 3 aromatic rings. The standard InChI is InChI=1S/C22H24N4O4/c1-13(2)18-12-17(19-14(3)25-30-21(19)24-18)20(27)23-16-6-4-5-15(11-16)22(28)26-7-9-29-10-8-26/h4-6,11-13H,7-10H2,1-3H3,(H,23,27). The lowest BCUT2D eigenvalue weighted by atomic mass is 10.0. The fourth-order valence-corrected chi connectivity index (χ4v) is 3.47. The topological polar surface area (TPSA) is 97.6 Å². The van der Waals surface area contributed by atoms with Crippen molar-refractivity contribution >= 4 is 28.6 Å². The molecule has 2 aromatic heterocycles. The molecule has 1 saturated heterocycles. The number of hydrogen-bond acceptors (Lipinski definition) is 6. The number of carbonyl (C=O) groups is 2. The summed E-state index contributed by atoms with van der Waals surface area (Å²) >= 11 is 0.